The highest BCUT2D eigenvalue weighted by Crippen LogP contribution is 2.36. The van der Waals surface area contributed by atoms with E-state index in [4.69, 9.17) is 10.5 Å². The van der Waals surface area contributed by atoms with E-state index in [1.54, 1.807) is 30.9 Å². The fraction of sp³-hybridized carbons (Fsp3) is 0.462. The Morgan fingerprint density at radius 3 is 2.24 bits per heavy atom. The summed E-state index contributed by atoms with van der Waals surface area (Å²) in [5, 5.41) is 52.1. The van der Waals surface area contributed by atoms with Gasteiger partial charge in [0, 0.05) is 72.0 Å². The second kappa shape index (κ2) is 32.5. The lowest BCUT2D eigenvalue weighted by molar-refractivity contribution is -0.144. The van der Waals surface area contributed by atoms with Crippen molar-refractivity contribution in [3.63, 3.8) is 0 Å². The van der Waals surface area contributed by atoms with Crippen molar-refractivity contribution in [3.05, 3.63) is 95.6 Å². The van der Waals surface area contributed by atoms with Gasteiger partial charge in [-0.25, -0.2) is 0 Å². The fourth-order valence-corrected chi connectivity index (χ4v) is 12.9. The Morgan fingerprint density at radius 2 is 1.51 bits per heavy atom. The summed E-state index contributed by atoms with van der Waals surface area (Å²) in [6.07, 6.45) is -1.48. The number of aromatic nitrogens is 1. The number of hydrogen-bond acceptors (Lipinski definition) is 16. The molecule has 502 valence electrons. The number of nitrogens with one attached hydrogen (secondary N) is 9. The molecule has 28 nitrogen and oxygen atoms in total. The van der Waals surface area contributed by atoms with E-state index in [2.05, 4.69) is 65.9 Å². The van der Waals surface area contributed by atoms with Crippen LogP contribution < -0.4 is 57.9 Å². The molecule has 2 bridgehead atoms. The summed E-state index contributed by atoms with van der Waals surface area (Å²) < 4.78 is 21.4. The summed E-state index contributed by atoms with van der Waals surface area (Å²) in [5.74, 6) is -6.13. The summed E-state index contributed by atoms with van der Waals surface area (Å²) in [5.41, 5.74) is 8.55. The Kier molecular flexibility index (Phi) is 24.4. The summed E-state index contributed by atoms with van der Waals surface area (Å²) in [7, 11) is 0. The number of para-hydroxylation sites is 1. The largest absolute Gasteiger partial charge is 0.610 e. The van der Waals surface area contributed by atoms with Crippen LogP contribution in [0, 0.1) is 23.7 Å². The summed E-state index contributed by atoms with van der Waals surface area (Å²) in [4.78, 5) is 159. The molecule has 94 heavy (non-hydrogen) atoms. The standard InChI is InChI=1S/C65H80N12O16S/c1-5-35(2)56-61(88)68-29-52(83)70-46-34-94(92)64-55(37(4)58(62(89)69-30-53(84)73-56)75-63(90)57(36(3)49(80)33-78)74-60(87)48-26-41(79)32-77(48)65(91)45(28-50(66)81)71-59(46)86)43-21-20-42(27-44(43)72-64)93-25-13-7-6-12-24-67-51(82)22-23-54(85)76-31-40-16-9-8-14-38(40)18-19-39-15-10-11-17-47(39)76/h8-11,14-17,20-21,27,35-36,41,45-46,48-49,56-58,72,78-80H,4-7,12-13,22-26,28-34H2,1-3H3,(H2,66,81)(H,67,82)(H,68,88)(H,69,89)(H,70,83)(H,71,86)(H,73,84)(H,74,87)(H,75,90)/t35-,36+,41-,45+,46-,48?,49+,56+,57+,58+,94?/m1/s1. The molecule has 1 saturated heterocycles. The van der Waals surface area contributed by atoms with Crippen LogP contribution in [0.4, 0.5) is 5.69 Å². The van der Waals surface area contributed by atoms with E-state index >= 15 is 4.55 Å². The molecule has 2 unspecified atom stereocenters. The first-order valence-electron chi connectivity index (χ1n) is 31.2. The summed E-state index contributed by atoms with van der Waals surface area (Å²) in [6.45, 7) is 6.69. The van der Waals surface area contributed by atoms with Crippen molar-refractivity contribution in [2.75, 3.05) is 50.0 Å². The molecule has 1 fully saturated rings. The van der Waals surface area contributed by atoms with E-state index in [-0.39, 0.29) is 58.3 Å². The molecule has 11 amide bonds. The second-order valence-corrected chi connectivity index (χ2v) is 25.2. The minimum atomic E-state index is -2.50. The predicted octanol–water partition coefficient (Wildman–Crippen LogP) is -1.37. The molecule has 0 spiro atoms. The molecule has 4 aromatic rings. The number of H-pyrrole nitrogens is 1. The van der Waals surface area contributed by atoms with Crippen LogP contribution in [0.15, 0.2) is 78.3 Å². The van der Waals surface area contributed by atoms with E-state index in [0.717, 1.165) is 16.0 Å². The topological polar surface area (TPSA) is 425 Å². The van der Waals surface area contributed by atoms with Crippen molar-refractivity contribution in [2.45, 2.75) is 139 Å². The second-order valence-electron chi connectivity index (χ2n) is 23.7. The number of primary amides is 1. The third-order valence-electron chi connectivity index (χ3n) is 17.0. The van der Waals surface area contributed by atoms with Gasteiger partial charge >= 0.3 is 0 Å². The van der Waals surface area contributed by atoms with Gasteiger partial charge in [-0.05, 0) is 60.2 Å². The van der Waals surface area contributed by atoms with Gasteiger partial charge in [0.15, 0.2) is 6.04 Å². The summed E-state index contributed by atoms with van der Waals surface area (Å²) >= 11 is -2.50. The normalized spacial score (nSPS) is 23.4. The maximum absolute atomic E-state index is 15.2. The number of rotatable bonds is 18. The van der Waals surface area contributed by atoms with E-state index in [1.165, 1.54) is 13.0 Å². The van der Waals surface area contributed by atoms with Crippen molar-refractivity contribution in [1.29, 1.82) is 0 Å². The van der Waals surface area contributed by atoms with Gasteiger partial charge in [-0.15, -0.1) is 0 Å². The zero-order valence-electron chi connectivity index (χ0n) is 52.4. The van der Waals surface area contributed by atoms with Crippen molar-refractivity contribution >= 4 is 98.3 Å². The number of anilines is 1. The number of carbonyl (C=O) groups is 11. The van der Waals surface area contributed by atoms with Gasteiger partial charge < -0.3 is 87.7 Å². The number of carbonyl (C=O) groups excluding carboxylic acids is 11. The highest BCUT2D eigenvalue weighted by atomic mass is 32.2. The average Bonchev–Trinajstić information content (AvgIpc) is 1.59. The van der Waals surface area contributed by atoms with E-state index in [0.29, 0.717) is 62.2 Å². The first-order chi connectivity index (χ1) is 45.0. The van der Waals surface area contributed by atoms with Crippen LogP contribution in [-0.4, -0.2) is 188 Å². The molecule has 5 heterocycles. The molecular formula is C65H80N12O16S. The van der Waals surface area contributed by atoms with Gasteiger partial charge in [0.1, 0.15) is 41.7 Å². The Labute approximate surface area is 545 Å². The Hall–Kier alpha value is -9.34. The number of unbranched alkanes of at least 4 members (excludes halogenated alkanes) is 3. The zero-order chi connectivity index (χ0) is 67.9. The van der Waals surface area contributed by atoms with Crippen LogP contribution in [0.25, 0.3) is 16.5 Å². The fourth-order valence-electron chi connectivity index (χ4n) is 11.5. The number of aliphatic hydroxyl groups is 3. The minimum absolute atomic E-state index is 0.00495. The highest BCUT2D eigenvalue weighted by Gasteiger charge is 2.46. The van der Waals surface area contributed by atoms with E-state index in [9.17, 15) is 68.1 Å². The summed E-state index contributed by atoms with van der Waals surface area (Å²) in [6, 6.07) is 9.19. The minimum Gasteiger partial charge on any atom is -0.610 e. The van der Waals surface area contributed by atoms with Gasteiger partial charge in [-0.2, -0.15) is 0 Å². The first kappa shape index (κ1) is 70.5. The van der Waals surface area contributed by atoms with Crippen molar-refractivity contribution in [2.24, 2.45) is 17.6 Å². The van der Waals surface area contributed by atoms with E-state index in [1.807, 2.05) is 48.5 Å². The Balaban J connectivity index is 1.04. The Morgan fingerprint density at radius 1 is 0.819 bits per heavy atom. The van der Waals surface area contributed by atoms with Crippen LogP contribution in [-0.2, 0) is 70.5 Å². The molecular weight excluding hydrogens is 1240 g/mol. The molecule has 8 rings (SSSR count). The van der Waals surface area contributed by atoms with E-state index < -0.39 is 169 Å². The molecule has 4 aliphatic heterocycles. The van der Waals surface area contributed by atoms with Crippen molar-refractivity contribution < 1.29 is 77.3 Å². The number of hydrogen-bond donors (Lipinski definition) is 13. The smallest absolute Gasteiger partial charge is 0.248 e. The number of benzene rings is 3. The van der Waals surface area contributed by atoms with Crippen molar-refractivity contribution in [3.8, 4) is 17.6 Å². The number of fused-ring (bicyclic) bond motifs is 7. The molecule has 14 N–H and O–H groups in total. The first-order valence-corrected chi connectivity index (χ1v) is 32.5. The number of aliphatic hydroxyl groups excluding tert-OH is 3. The van der Waals surface area contributed by atoms with Crippen LogP contribution in [0.1, 0.15) is 101 Å². The van der Waals surface area contributed by atoms with Crippen LogP contribution in [0.5, 0.6) is 5.75 Å². The third-order valence-corrected chi connectivity index (χ3v) is 18.4. The molecule has 29 heteroatoms. The maximum Gasteiger partial charge on any atom is 0.248 e. The number of aromatic amines is 1. The van der Waals surface area contributed by atoms with Gasteiger partial charge in [0.25, 0.3) is 0 Å². The average molecular weight is 1320 g/mol. The van der Waals surface area contributed by atoms with Crippen LogP contribution in [0.3, 0.4) is 0 Å². The molecule has 11 atom stereocenters. The molecule has 0 radical (unpaired) electrons. The lowest BCUT2D eigenvalue weighted by Crippen LogP contribution is -2.62. The predicted molar refractivity (Wildman–Crippen MR) is 342 cm³/mol. The highest BCUT2D eigenvalue weighted by molar-refractivity contribution is 7.91. The molecule has 0 saturated carbocycles. The third kappa shape index (κ3) is 17.7. The zero-order valence-corrected chi connectivity index (χ0v) is 53.2. The number of nitrogens with zero attached hydrogens (tertiary/aromatic N) is 2. The van der Waals surface area contributed by atoms with Crippen LogP contribution in [0.2, 0.25) is 0 Å². The molecule has 1 aromatic heterocycles. The monoisotopic (exact) mass is 1320 g/mol. The molecule has 3 aromatic carbocycles. The lowest BCUT2D eigenvalue weighted by atomic mass is 9.93. The van der Waals surface area contributed by atoms with Crippen molar-refractivity contribution in [1.82, 2.24) is 52.4 Å². The maximum atomic E-state index is 15.2. The van der Waals surface area contributed by atoms with Gasteiger partial charge in [0.2, 0.25) is 70.0 Å². The number of ether oxygens (including phenoxy) is 1. The molecule has 4 aliphatic rings. The van der Waals surface area contributed by atoms with Gasteiger partial charge in [-0.3, -0.25) is 52.7 Å². The Bertz CT molecular complexity index is 3630. The molecule has 0 aliphatic carbocycles. The van der Waals surface area contributed by atoms with Crippen LogP contribution >= 0.6 is 0 Å². The SMILES string of the molecule is C=C1c2c([nH]c3cc(OCCCCCCNC(=O)CCC(=O)N4Cc5ccccc5C#Cc5ccccc54)ccc23)[S+]([O-])C[C@H]2NC(=O)CNC(=O)[C@H]([C@H](C)CC)NC(=O)CNC(=O)[C@H]1NC(=O)[C@H]([C@@H](C)[C@@H](O)CO)NC(=O)C1C[C@@H](O)CN1C(=O)[C@H](CC(N)=O)NC2=O. The number of amides is 11. The number of nitrogens with two attached hydrogens (primary N) is 1. The van der Waals surface area contributed by atoms with Gasteiger partial charge in [0.05, 0.1) is 68.2 Å². The van der Waals surface area contributed by atoms with Gasteiger partial charge in [-0.1, -0.05) is 88.8 Å². The quantitative estimate of drug-likeness (QED) is 0.0310. The lowest BCUT2D eigenvalue weighted by Gasteiger charge is -2.33.